The number of aromatic nitrogens is 3. The summed E-state index contributed by atoms with van der Waals surface area (Å²) in [6.07, 6.45) is -4.66. The molecule has 0 aliphatic carbocycles. The van der Waals surface area contributed by atoms with Crippen molar-refractivity contribution in [1.82, 2.24) is 20.3 Å². The smallest absolute Gasteiger partial charge is 0.344 e. The zero-order valence-corrected chi connectivity index (χ0v) is 17.1. The number of rotatable bonds is 6. The van der Waals surface area contributed by atoms with E-state index in [-0.39, 0.29) is 11.6 Å². The minimum atomic E-state index is -4.97. The van der Waals surface area contributed by atoms with Gasteiger partial charge in [-0.3, -0.25) is 9.59 Å². The standard InChI is InChI=1S/C21H19F4N5O2/c1-3-17(31)27-15-9-7-13(8-10-15)12(2)26-20(32)18-19(21(23,24)25)30(29-28-18)16-6-4-5-14(22)11-16/h4-12H,3H2,1-2H3,(H,26,32)(H,27,31). The van der Waals surface area contributed by atoms with Crippen LogP contribution in [0.15, 0.2) is 48.5 Å². The molecule has 0 aliphatic heterocycles. The van der Waals surface area contributed by atoms with E-state index in [4.69, 9.17) is 0 Å². The largest absolute Gasteiger partial charge is 0.435 e. The molecule has 11 heteroatoms. The Morgan fingerprint density at radius 3 is 2.41 bits per heavy atom. The van der Waals surface area contributed by atoms with Gasteiger partial charge in [0.1, 0.15) is 5.82 Å². The van der Waals surface area contributed by atoms with E-state index >= 15 is 0 Å². The van der Waals surface area contributed by atoms with E-state index in [0.717, 1.165) is 12.1 Å². The Morgan fingerprint density at radius 1 is 1.12 bits per heavy atom. The lowest BCUT2D eigenvalue weighted by Crippen LogP contribution is -2.29. The average molecular weight is 449 g/mol. The van der Waals surface area contributed by atoms with Gasteiger partial charge in [0.15, 0.2) is 11.4 Å². The van der Waals surface area contributed by atoms with Crippen molar-refractivity contribution in [3.63, 3.8) is 0 Å². The van der Waals surface area contributed by atoms with Crippen LogP contribution in [0.5, 0.6) is 0 Å². The lowest BCUT2D eigenvalue weighted by atomic mass is 10.1. The van der Waals surface area contributed by atoms with Crippen LogP contribution >= 0.6 is 0 Å². The number of hydrogen-bond acceptors (Lipinski definition) is 4. The van der Waals surface area contributed by atoms with Gasteiger partial charge < -0.3 is 10.6 Å². The first-order valence-corrected chi connectivity index (χ1v) is 9.59. The highest BCUT2D eigenvalue weighted by molar-refractivity contribution is 5.94. The highest BCUT2D eigenvalue weighted by Crippen LogP contribution is 2.33. The maximum absolute atomic E-state index is 13.7. The summed E-state index contributed by atoms with van der Waals surface area (Å²) in [5.74, 6) is -2.01. The fourth-order valence-electron chi connectivity index (χ4n) is 2.93. The average Bonchev–Trinajstić information content (AvgIpc) is 3.20. The third-order valence-corrected chi connectivity index (χ3v) is 4.57. The summed E-state index contributed by atoms with van der Waals surface area (Å²) in [5, 5.41) is 12.0. The lowest BCUT2D eigenvalue weighted by molar-refractivity contribution is -0.143. The van der Waals surface area contributed by atoms with Crippen LogP contribution in [0, 0.1) is 5.82 Å². The Kier molecular flexibility index (Phi) is 6.56. The second kappa shape index (κ2) is 9.16. The molecule has 1 unspecified atom stereocenters. The van der Waals surface area contributed by atoms with Crippen molar-refractivity contribution in [2.45, 2.75) is 32.5 Å². The number of carbonyl (C=O) groups is 2. The van der Waals surface area contributed by atoms with E-state index in [2.05, 4.69) is 20.9 Å². The van der Waals surface area contributed by atoms with Crippen LogP contribution in [0.2, 0.25) is 0 Å². The molecular weight excluding hydrogens is 430 g/mol. The van der Waals surface area contributed by atoms with Crippen molar-refractivity contribution < 1.29 is 27.2 Å². The van der Waals surface area contributed by atoms with Gasteiger partial charge >= 0.3 is 6.18 Å². The number of nitrogens with zero attached hydrogens (tertiary/aromatic N) is 3. The molecule has 3 rings (SSSR count). The van der Waals surface area contributed by atoms with Crippen molar-refractivity contribution in [3.8, 4) is 5.69 Å². The van der Waals surface area contributed by atoms with E-state index in [1.54, 1.807) is 38.1 Å². The molecule has 1 aromatic heterocycles. The SMILES string of the molecule is CCC(=O)Nc1ccc(C(C)NC(=O)c2nnn(-c3cccc(F)c3)c2C(F)(F)F)cc1. The highest BCUT2D eigenvalue weighted by atomic mass is 19.4. The van der Waals surface area contributed by atoms with E-state index in [9.17, 15) is 27.2 Å². The first-order valence-electron chi connectivity index (χ1n) is 9.59. The Hall–Kier alpha value is -3.76. The van der Waals surface area contributed by atoms with Gasteiger partial charge in [-0.2, -0.15) is 13.2 Å². The summed E-state index contributed by atoms with van der Waals surface area (Å²) in [6.45, 7) is 3.29. The molecule has 2 amide bonds. The first-order chi connectivity index (χ1) is 15.1. The number of alkyl halides is 3. The number of amides is 2. The molecule has 0 bridgehead atoms. The number of anilines is 1. The fourth-order valence-corrected chi connectivity index (χ4v) is 2.93. The van der Waals surface area contributed by atoms with Gasteiger partial charge in [0.05, 0.1) is 11.7 Å². The number of nitrogens with one attached hydrogen (secondary N) is 2. The van der Waals surface area contributed by atoms with Crippen LogP contribution in [-0.2, 0) is 11.0 Å². The van der Waals surface area contributed by atoms with Gasteiger partial charge in [-0.25, -0.2) is 9.07 Å². The molecule has 2 N–H and O–H groups in total. The van der Waals surface area contributed by atoms with E-state index in [0.29, 0.717) is 22.4 Å². The second-order valence-corrected chi connectivity index (χ2v) is 6.89. The zero-order valence-electron chi connectivity index (χ0n) is 17.1. The van der Waals surface area contributed by atoms with Gasteiger partial charge in [0.2, 0.25) is 5.91 Å². The molecular formula is C21H19F4N5O2. The number of benzene rings is 2. The normalized spacial score (nSPS) is 12.3. The van der Waals surface area contributed by atoms with Gasteiger partial charge in [-0.1, -0.05) is 30.3 Å². The second-order valence-electron chi connectivity index (χ2n) is 6.89. The highest BCUT2D eigenvalue weighted by Gasteiger charge is 2.42. The van der Waals surface area contributed by atoms with Gasteiger partial charge in [-0.15, -0.1) is 5.10 Å². The topological polar surface area (TPSA) is 88.9 Å². The molecule has 0 saturated heterocycles. The predicted octanol–water partition coefficient (Wildman–Crippen LogP) is 4.26. The number of halogens is 4. The molecule has 2 aromatic carbocycles. The zero-order chi connectivity index (χ0) is 23.5. The molecule has 0 spiro atoms. The molecule has 1 heterocycles. The molecule has 7 nitrogen and oxygen atoms in total. The summed E-state index contributed by atoms with van der Waals surface area (Å²) in [6, 6.07) is 10.2. The molecule has 168 valence electrons. The molecule has 0 radical (unpaired) electrons. The Balaban J connectivity index is 1.84. The van der Waals surface area contributed by atoms with Crippen LogP contribution in [0.1, 0.15) is 48.1 Å². The van der Waals surface area contributed by atoms with Crippen molar-refractivity contribution >= 4 is 17.5 Å². The molecule has 32 heavy (non-hydrogen) atoms. The van der Waals surface area contributed by atoms with Crippen molar-refractivity contribution in [1.29, 1.82) is 0 Å². The molecule has 0 fully saturated rings. The monoisotopic (exact) mass is 449 g/mol. The van der Waals surface area contributed by atoms with Crippen LogP contribution in [0.3, 0.4) is 0 Å². The Labute approximate surface area is 180 Å². The summed E-state index contributed by atoms with van der Waals surface area (Å²) < 4.78 is 55.0. The summed E-state index contributed by atoms with van der Waals surface area (Å²) in [4.78, 5) is 24.0. The summed E-state index contributed by atoms with van der Waals surface area (Å²) in [5.41, 5.74) is -1.41. The van der Waals surface area contributed by atoms with Crippen molar-refractivity contribution in [2.24, 2.45) is 0 Å². The Bertz CT molecular complexity index is 1130. The van der Waals surface area contributed by atoms with Crippen LogP contribution in [0.25, 0.3) is 5.69 Å². The van der Waals surface area contributed by atoms with Gasteiger partial charge in [0.25, 0.3) is 5.91 Å². The summed E-state index contributed by atoms with van der Waals surface area (Å²) >= 11 is 0. The third kappa shape index (κ3) is 5.10. The number of carbonyl (C=O) groups excluding carboxylic acids is 2. The fraction of sp³-hybridized carbons (Fsp3) is 0.238. The first kappa shape index (κ1) is 22.9. The van der Waals surface area contributed by atoms with Gasteiger partial charge in [0, 0.05) is 12.1 Å². The molecule has 3 aromatic rings. The van der Waals surface area contributed by atoms with Crippen molar-refractivity contribution in [2.75, 3.05) is 5.32 Å². The van der Waals surface area contributed by atoms with Gasteiger partial charge in [-0.05, 0) is 42.8 Å². The molecule has 0 saturated carbocycles. The van der Waals surface area contributed by atoms with E-state index in [1.165, 1.54) is 12.1 Å². The van der Waals surface area contributed by atoms with Crippen LogP contribution in [-0.4, -0.2) is 26.8 Å². The maximum atomic E-state index is 13.7. The molecule has 1 atom stereocenters. The predicted molar refractivity (Wildman–Crippen MR) is 108 cm³/mol. The third-order valence-electron chi connectivity index (χ3n) is 4.57. The minimum Gasteiger partial charge on any atom is -0.344 e. The number of hydrogen-bond donors (Lipinski definition) is 2. The quantitative estimate of drug-likeness (QED) is 0.551. The van der Waals surface area contributed by atoms with E-state index in [1.807, 2.05) is 0 Å². The van der Waals surface area contributed by atoms with Crippen molar-refractivity contribution in [3.05, 3.63) is 71.3 Å². The van der Waals surface area contributed by atoms with Crippen LogP contribution < -0.4 is 10.6 Å². The maximum Gasteiger partial charge on any atom is 0.435 e. The molecule has 0 aliphatic rings. The Morgan fingerprint density at radius 2 is 1.81 bits per heavy atom. The van der Waals surface area contributed by atoms with Crippen LogP contribution in [0.4, 0.5) is 23.2 Å². The van der Waals surface area contributed by atoms with E-state index < -0.39 is 35.3 Å². The summed E-state index contributed by atoms with van der Waals surface area (Å²) in [7, 11) is 0. The minimum absolute atomic E-state index is 0.167. The lowest BCUT2D eigenvalue weighted by Gasteiger charge is -2.16.